The summed E-state index contributed by atoms with van der Waals surface area (Å²) in [5.74, 6) is -1.92. The van der Waals surface area contributed by atoms with Gasteiger partial charge in [-0.25, -0.2) is 9.59 Å². The number of carbonyl (C=O) groups is 3. The molecule has 1 rings (SSSR count). The van der Waals surface area contributed by atoms with Gasteiger partial charge in [-0.2, -0.15) is 0 Å². The van der Waals surface area contributed by atoms with Crippen LogP contribution in [-0.4, -0.2) is 36.2 Å². The Balaban J connectivity index is 2.37. The lowest BCUT2D eigenvalue weighted by Gasteiger charge is -2.08. The molecule has 1 aromatic rings. The number of imide groups is 1. The molecule has 0 saturated heterocycles. The highest BCUT2D eigenvalue weighted by Gasteiger charge is 2.10. The standard InChI is InChI=1S/C11H11BrN2O5/c12-7-3-1-2-4-8(7)13-11(18)14-9(15)5-19-6-10(16)17/h1-4H,5-6H2,(H,16,17)(H2,13,14,15,18). The van der Waals surface area contributed by atoms with Gasteiger partial charge in [0.25, 0.3) is 5.91 Å². The van der Waals surface area contributed by atoms with Gasteiger partial charge < -0.3 is 15.2 Å². The van der Waals surface area contributed by atoms with Crippen LogP contribution in [0.3, 0.4) is 0 Å². The van der Waals surface area contributed by atoms with Crippen molar-refractivity contribution in [2.75, 3.05) is 18.5 Å². The van der Waals surface area contributed by atoms with Crippen molar-refractivity contribution in [3.8, 4) is 0 Å². The number of hydrogen-bond acceptors (Lipinski definition) is 4. The van der Waals surface area contributed by atoms with Gasteiger partial charge in [0.2, 0.25) is 0 Å². The van der Waals surface area contributed by atoms with Crippen molar-refractivity contribution in [3.05, 3.63) is 28.7 Å². The number of urea groups is 1. The van der Waals surface area contributed by atoms with Crippen molar-refractivity contribution in [3.63, 3.8) is 0 Å². The fourth-order valence-corrected chi connectivity index (χ4v) is 1.49. The lowest BCUT2D eigenvalue weighted by atomic mass is 10.3. The van der Waals surface area contributed by atoms with Crippen molar-refractivity contribution < 1.29 is 24.2 Å². The van der Waals surface area contributed by atoms with E-state index in [9.17, 15) is 14.4 Å². The Kier molecular flexibility index (Phi) is 5.97. The summed E-state index contributed by atoms with van der Waals surface area (Å²) in [5.41, 5.74) is 0.499. The zero-order valence-electron chi connectivity index (χ0n) is 9.68. The van der Waals surface area contributed by atoms with Gasteiger partial charge in [-0.15, -0.1) is 0 Å². The summed E-state index contributed by atoms with van der Waals surface area (Å²) < 4.78 is 5.20. The van der Waals surface area contributed by atoms with E-state index in [1.54, 1.807) is 24.3 Å². The van der Waals surface area contributed by atoms with E-state index < -0.39 is 31.1 Å². The zero-order valence-corrected chi connectivity index (χ0v) is 11.3. The highest BCUT2D eigenvalue weighted by molar-refractivity contribution is 9.10. The van der Waals surface area contributed by atoms with Crippen LogP contribution in [0.1, 0.15) is 0 Å². The van der Waals surface area contributed by atoms with Crippen molar-refractivity contribution in [1.29, 1.82) is 0 Å². The quantitative estimate of drug-likeness (QED) is 0.752. The van der Waals surface area contributed by atoms with Crippen molar-refractivity contribution in [1.82, 2.24) is 5.32 Å². The first-order valence-electron chi connectivity index (χ1n) is 5.14. The summed E-state index contributed by atoms with van der Waals surface area (Å²) in [7, 11) is 0. The Morgan fingerprint density at radius 3 is 2.53 bits per heavy atom. The number of ether oxygens (including phenoxy) is 1. The third kappa shape index (κ3) is 5.98. The SMILES string of the molecule is O=C(O)COCC(=O)NC(=O)Nc1ccccc1Br. The molecule has 102 valence electrons. The molecule has 0 spiro atoms. The van der Waals surface area contributed by atoms with E-state index in [4.69, 9.17) is 5.11 Å². The predicted molar refractivity (Wildman–Crippen MR) is 69.8 cm³/mol. The number of rotatable bonds is 5. The maximum atomic E-state index is 11.4. The van der Waals surface area contributed by atoms with Gasteiger partial charge >= 0.3 is 12.0 Å². The van der Waals surface area contributed by atoms with Gasteiger partial charge in [0.1, 0.15) is 13.2 Å². The Morgan fingerprint density at radius 2 is 1.89 bits per heavy atom. The van der Waals surface area contributed by atoms with E-state index >= 15 is 0 Å². The minimum atomic E-state index is -1.19. The van der Waals surface area contributed by atoms with Crippen LogP contribution < -0.4 is 10.6 Å². The predicted octanol–water partition coefficient (Wildman–Crippen LogP) is 1.20. The molecule has 0 aromatic heterocycles. The van der Waals surface area contributed by atoms with E-state index in [0.29, 0.717) is 10.2 Å². The largest absolute Gasteiger partial charge is 0.480 e. The van der Waals surface area contributed by atoms with Crippen molar-refractivity contribution in [2.45, 2.75) is 0 Å². The van der Waals surface area contributed by atoms with Gasteiger partial charge in [0, 0.05) is 4.47 Å². The molecule has 0 aliphatic heterocycles. The number of anilines is 1. The molecule has 7 nitrogen and oxygen atoms in total. The van der Waals surface area contributed by atoms with E-state index in [-0.39, 0.29) is 0 Å². The molecule has 0 radical (unpaired) electrons. The van der Waals surface area contributed by atoms with Gasteiger partial charge in [-0.3, -0.25) is 10.1 Å². The minimum absolute atomic E-state index is 0.499. The molecule has 0 bridgehead atoms. The summed E-state index contributed by atoms with van der Waals surface area (Å²) in [4.78, 5) is 32.8. The number of carbonyl (C=O) groups excluding carboxylic acids is 2. The molecular weight excluding hydrogens is 320 g/mol. The van der Waals surface area contributed by atoms with E-state index in [2.05, 4.69) is 26.0 Å². The maximum absolute atomic E-state index is 11.4. The molecule has 19 heavy (non-hydrogen) atoms. The second kappa shape index (κ2) is 7.49. The number of benzene rings is 1. The highest BCUT2D eigenvalue weighted by atomic mass is 79.9. The topological polar surface area (TPSA) is 105 Å². The Hall–Kier alpha value is -1.93. The second-order valence-electron chi connectivity index (χ2n) is 3.37. The van der Waals surface area contributed by atoms with E-state index in [1.165, 1.54) is 0 Å². The van der Waals surface area contributed by atoms with Crippen LogP contribution in [-0.2, 0) is 14.3 Å². The smallest absolute Gasteiger partial charge is 0.329 e. The van der Waals surface area contributed by atoms with Crippen LogP contribution >= 0.6 is 15.9 Å². The van der Waals surface area contributed by atoms with Crippen LogP contribution in [0.5, 0.6) is 0 Å². The maximum Gasteiger partial charge on any atom is 0.329 e. The average Bonchev–Trinajstić information content (AvgIpc) is 2.31. The molecule has 0 fully saturated rings. The number of carboxylic acid groups (broad SMARTS) is 1. The number of para-hydroxylation sites is 1. The van der Waals surface area contributed by atoms with Crippen LogP contribution in [0, 0.1) is 0 Å². The first-order chi connectivity index (χ1) is 8.99. The molecule has 3 N–H and O–H groups in total. The summed E-state index contributed by atoms with van der Waals surface area (Å²) in [6.45, 7) is -1.10. The Labute approximate surface area is 117 Å². The van der Waals surface area contributed by atoms with Gasteiger partial charge in [0.15, 0.2) is 0 Å². The number of aliphatic carboxylic acids is 1. The summed E-state index contributed by atoms with van der Waals surface area (Å²) >= 11 is 3.23. The molecule has 0 aliphatic rings. The lowest BCUT2D eigenvalue weighted by molar-refractivity contribution is -0.143. The normalized spacial score (nSPS) is 9.74. The molecule has 0 atom stereocenters. The molecule has 1 aromatic carbocycles. The fourth-order valence-electron chi connectivity index (χ4n) is 1.11. The number of amides is 3. The summed E-state index contributed by atoms with van der Waals surface area (Å²) in [5, 5.41) is 12.7. The number of halogens is 1. The van der Waals surface area contributed by atoms with Gasteiger partial charge in [0.05, 0.1) is 5.69 Å². The molecule has 0 unspecified atom stereocenters. The molecule has 8 heteroatoms. The zero-order chi connectivity index (χ0) is 14.3. The number of hydrogen-bond donors (Lipinski definition) is 3. The Bertz CT molecular complexity index is 492. The number of carboxylic acids is 1. The van der Waals surface area contributed by atoms with Gasteiger partial charge in [-0.05, 0) is 28.1 Å². The lowest BCUT2D eigenvalue weighted by Crippen LogP contribution is -2.37. The monoisotopic (exact) mass is 330 g/mol. The molecule has 0 saturated carbocycles. The van der Waals surface area contributed by atoms with Crippen LogP contribution in [0.15, 0.2) is 28.7 Å². The average molecular weight is 331 g/mol. The fraction of sp³-hybridized carbons (Fsp3) is 0.182. The van der Waals surface area contributed by atoms with Crippen molar-refractivity contribution >= 4 is 39.5 Å². The third-order valence-electron chi connectivity index (χ3n) is 1.83. The summed E-state index contributed by atoms with van der Waals surface area (Å²) in [6, 6.07) is 6.15. The van der Waals surface area contributed by atoms with Crippen molar-refractivity contribution in [2.24, 2.45) is 0 Å². The van der Waals surface area contributed by atoms with E-state index in [0.717, 1.165) is 0 Å². The molecular formula is C11H11BrN2O5. The molecule has 3 amide bonds. The first kappa shape index (κ1) is 15.1. The van der Waals surface area contributed by atoms with E-state index in [1.807, 2.05) is 5.32 Å². The number of nitrogens with one attached hydrogen (secondary N) is 2. The second-order valence-corrected chi connectivity index (χ2v) is 4.22. The molecule has 0 heterocycles. The van der Waals surface area contributed by atoms with Crippen LogP contribution in [0.25, 0.3) is 0 Å². The van der Waals surface area contributed by atoms with Crippen LogP contribution in [0.4, 0.5) is 10.5 Å². The molecule has 0 aliphatic carbocycles. The van der Waals surface area contributed by atoms with Gasteiger partial charge in [-0.1, -0.05) is 12.1 Å². The Morgan fingerprint density at radius 1 is 1.21 bits per heavy atom. The third-order valence-corrected chi connectivity index (χ3v) is 2.53. The highest BCUT2D eigenvalue weighted by Crippen LogP contribution is 2.20. The summed E-state index contributed by atoms with van der Waals surface area (Å²) in [6.07, 6.45) is 0. The first-order valence-corrected chi connectivity index (χ1v) is 5.93. The van der Waals surface area contributed by atoms with Crippen LogP contribution in [0.2, 0.25) is 0 Å². The minimum Gasteiger partial charge on any atom is -0.480 e.